The molecule has 0 bridgehead atoms. The number of esters is 1. The summed E-state index contributed by atoms with van der Waals surface area (Å²) in [7, 11) is 0. The van der Waals surface area contributed by atoms with Crippen molar-refractivity contribution >= 4 is 5.97 Å². The number of carbonyl (C=O) groups is 1. The van der Waals surface area contributed by atoms with Gasteiger partial charge in [-0.2, -0.15) is 5.26 Å². The van der Waals surface area contributed by atoms with Crippen molar-refractivity contribution in [2.24, 2.45) is 0 Å². The first-order chi connectivity index (χ1) is 7.76. The number of benzene rings is 1. The second kappa shape index (κ2) is 6.46. The molecule has 16 heavy (non-hydrogen) atoms. The Morgan fingerprint density at radius 1 is 1.38 bits per heavy atom. The molecule has 0 heterocycles. The summed E-state index contributed by atoms with van der Waals surface area (Å²) in [6.07, 6.45) is 0.230. The molecule has 0 fully saturated rings. The van der Waals surface area contributed by atoms with E-state index in [9.17, 15) is 4.79 Å². The standard InChI is InChI=1S/C12H13NO3/c1-2-15-12(14)7-8-16-11-5-3-10(9-13)4-6-11/h3-6H,2,7-8H2,1H3. The van der Waals surface area contributed by atoms with Crippen molar-refractivity contribution in [2.45, 2.75) is 13.3 Å². The highest BCUT2D eigenvalue weighted by Gasteiger charge is 2.01. The van der Waals surface area contributed by atoms with Crippen molar-refractivity contribution in [1.82, 2.24) is 0 Å². The van der Waals surface area contributed by atoms with Gasteiger partial charge in [-0.05, 0) is 31.2 Å². The molecule has 0 radical (unpaired) electrons. The zero-order chi connectivity index (χ0) is 11.8. The maximum Gasteiger partial charge on any atom is 0.309 e. The Bertz CT molecular complexity index is 378. The summed E-state index contributed by atoms with van der Waals surface area (Å²) in [5.74, 6) is 0.374. The van der Waals surface area contributed by atoms with E-state index in [2.05, 4.69) is 0 Å². The van der Waals surface area contributed by atoms with Crippen LogP contribution in [0.15, 0.2) is 24.3 Å². The van der Waals surface area contributed by atoms with E-state index >= 15 is 0 Å². The van der Waals surface area contributed by atoms with Crippen molar-refractivity contribution in [1.29, 1.82) is 5.26 Å². The molecule has 0 spiro atoms. The molecule has 0 N–H and O–H groups in total. The van der Waals surface area contributed by atoms with E-state index in [1.54, 1.807) is 31.2 Å². The third-order valence-corrected chi connectivity index (χ3v) is 1.86. The highest BCUT2D eigenvalue weighted by Crippen LogP contribution is 2.11. The van der Waals surface area contributed by atoms with Crippen LogP contribution in [0.3, 0.4) is 0 Å². The molecule has 0 aliphatic heterocycles. The zero-order valence-corrected chi connectivity index (χ0v) is 9.10. The van der Waals surface area contributed by atoms with Crippen molar-refractivity contribution < 1.29 is 14.3 Å². The summed E-state index contributed by atoms with van der Waals surface area (Å²) in [5, 5.41) is 8.58. The van der Waals surface area contributed by atoms with Gasteiger partial charge in [-0.3, -0.25) is 4.79 Å². The SMILES string of the molecule is CCOC(=O)CCOc1ccc(C#N)cc1. The molecule has 4 heteroatoms. The molecular weight excluding hydrogens is 206 g/mol. The molecule has 1 aromatic rings. The smallest absolute Gasteiger partial charge is 0.309 e. The van der Waals surface area contributed by atoms with Crippen LogP contribution >= 0.6 is 0 Å². The van der Waals surface area contributed by atoms with Gasteiger partial charge in [0.1, 0.15) is 5.75 Å². The minimum atomic E-state index is -0.267. The average molecular weight is 219 g/mol. The lowest BCUT2D eigenvalue weighted by molar-refractivity contribution is -0.143. The Kier molecular flexibility index (Phi) is 4.87. The second-order valence-electron chi connectivity index (χ2n) is 3.04. The Hall–Kier alpha value is -2.02. The number of carbonyl (C=O) groups excluding carboxylic acids is 1. The van der Waals surface area contributed by atoms with E-state index in [1.807, 2.05) is 6.07 Å². The van der Waals surface area contributed by atoms with Crippen LogP contribution in [0.2, 0.25) is 0 Å². The van der Waals surface area contributed by atoms with Gasteiger partial charge < -0.3 is 9.47 Å². The van der Waals surface area contributed by atoms with E-state index in [0.717, 1.165) is 0 Å². The molecule has 0 saturated carbocycles. The Labute approximate surface area is 94.4 Å². The molecule has 0 amide bonds. The lowest BCUT2D eigenvalue weighted by Gasteiger charge is -2.05. The van der Waals surface area contributed by atoms with Crippen LogP contribution in [0, 0.1) is 11.3 Å². The molecule has 0 aromatic heterocycles. The maximum absolute atomic E-state index is 11.0. The molecule has 0 unspecified atom stereocenters. The largest absolute Gasteiger partial charge is 0.493 e. The summed E-state index contributed by atoms with van der Waals surface area (Å²) in [6.45, 7) is 2.43. The van der Waals surface area contributed by atoms with Crippen molar-refractivity contribution in [3.63, 3.8) is 0 Å². The van der Waals surface area contributed by atoms with Crippen LogP contribution in [-0.2, 0) is 9.53 Å². The molecule has 1 aromatic carbocycles. The number of ether oxygens (including phenoxy) is 2. The van der Waals surface area contributed by atoms with E-state index in [0.29, 0.717) is 17.9 Å². The van der Waals surface area contributed by atoms with Gasteiger partial charge in [0.05, 0.1) is 31.3 Å². The minimum absolute atomic E-state index is 0.230. The van der Waals surface area contributed by atoms with E-state index in [-0.39, 0.29) is 19.0 Å². The van der Waals surface area contributed by atoms with E-state index in [4.69, 9.17) is 14.7 Å². The van der Waals surface area contributed by atoms with Gasteiger partial charge in [0.25, 0.3) is 0 Å². The molecule has 1 rings (SSSR count). The highest BCUT2D eigenvalue weighted by atomic mass is 16.5. The van der Waals surface area contributed by atoms with E-state index in [1.165, 1.54) is 0 Å². The van der Waals surface area contributed by atoms with Crippen LogP contribution in [0.4, 0.5) is 0 Å². The topological polar surface area (TPSA) is 59.3 Å². The van der Waals surface area contributed by atoms with Crippen LogP contribution in [-0.4, -0.2) is 19.2 Å². The minimum Gasteiger partial charge on any atom is -0.493 e. The molecule has 84 valence electrons. The maximum atomic E-state index is 11.0. The Balaban J connectivity index is 2.32. The summed E-state index contributed by atoms with van der Waals surface area (Å²) < 4.78 is 10.1. The lowest BCUT2D eigenvalue weighted by atomic mass is 10.2. The third kappa shape index (κ3) is 4.01. The second-order valence-corrected chi connectivity index (χ2v) is 3.04. The Morgan fingerprint density at radius 2 is 2.06 bits per heavy atom. The van der Waals surface area contributed by atoms with Gasteiger partial charge in [0, 0.05) is 0 Å². The van der Waals surface area contributed by atoms with Gasteiger partial charge >= 0.3 is 5.97 Å². The quantitative estimate of drug-likeness (QED) is 0.709. The number of nitriles is 1. The van der Waals surface area contributed by atoms with Crippen molar-refractivity contribution in [3.05, 3.63) is 29.8 Å². The van der Waals surface area contributed by atoms with Crippen molar-refractivity contribution in [2.75, 3.05) is 13.2 Å². The first-order valence-corrected chi connectivity index (χ1v) is 5.05. The summed E-state index contributed by atoms with van der Waals surface area (Å²) in [5.41, 5.74) is 0.581. The lowest BCUT2D eigenvalue weighted by Crippen LogP contribution is -2.09. The van der Waals surface area contributed by atoms with Crippen LogP contribution in [0.5, 0.6) is 5.75 Å². The van der Waals surface area contributed by atoms with Gasteiger partial charge in [-0.15, -0.1) is 0 Å². The fraction of sp³-hybridized carbons (Fsp3) is 0.333. The average Bonchev–Trinajstić information content (AvgIpc) is 2.30. The van der Waals surface area contributed by atoms with Gasteiger partial charge in [-0.25, -0.2) is 0 Å². The highest BCUT2D eigenvalue weighted by molar-refractivity contribution is 5.69. The fourth-order valence-electron chi connectivity index (χ4n) is 1.11. The Morgan fingerprint density at radius 3 is 2.62 bits per heavy atom. The molecule has 0 saturated heterocycles. The number of rotatable bonds is 5. The molecule has 4 nitrogen and oxygen atoms in total. The molecular formula is C12H13NO3. The number of nitrogens with zero attached hydrogens (tertiary/aromatic N) is 1. The number of hydrogen-bond acceptors (Lipinski definition) is 4. The first-order valence-electron chi connectivity index (χ1n) is 5.05. The summed E-state index contributed by atoms with van der Waals surface area (Å²) in [6, 6.07) is 8.74. The van der Waals surface area contributed by atoms with Gasteiger partial charge in [0.15, 0.2) is 0 Å². The molecule has 0 atom stereocenters. The normalized spacial score (nSPS) is 9.25. The van der Waals surface area contributed by atoms with Crippen molar-refractivity contribution in [3.8, 4) is 11.8 Å². The number of hydrogen-bond donors (Lipinski definition) is 0. The predicted molar refractivity (Wildman–Crippen MR) is 57.9 cm³/mol. The molecule has 0 aliphatic carbocycles. The first kappa shape index (κ1) is 12.1. The summed E-state index contributed by atoms with van der Waals surface area (Å²) >= 11 is 0. The van der Waals surface area contributed by atoms with Crippen LogP contribution in [0.1, 0.15) is 18.9 Å². The summed E-state index contributed by atoms with van der Waals surface area (Å²) in [4.78, 5) is 11.0. The third-order valence-electron chi connectivity index (χ3n) is 1.86. The van der Waals surface area contributed by atoms with Crippen LogP contribution in [0.25, 0.3) is 0 Å². The van der Waals surface area contributed by atoms with Gasteiger partial charge in [0.2, 0.25) is 0 Å². The zero-order valence-electron chi connectivity index (χ0n) is 9.10. The molecule has 0 aliphatic rings. The van der Waals surface area contributed by atoms with E-state index < -0.39 is 0 Å². The monoisotopic (exact) mass is 219 g/mol. The van der Waals surface area contributed by atoms with Gasteiger partial charge in [-0.1, -0.05) is 0 Å². The van der Waals surface area contributed by atoms with Crippen LogP contribution < -0.4 is 4.74 Å². The predicted octanol–water partition coefficient (Wildman–Crippen LogP) is 1.89. The fourth-order valence-corrected chi connectivity index (χ4v) is 1.11.